The van der Waals surface area contributed by atoms with Crippen LogP contribution >= 0.6 is 11.3 Å². The van der Waals surface area contributed by atoms with E-state index in [9.17, 15) is 22.8 Å². The lowest BCUT2D eigenvalue weighted by Gasteiger charge is -2.38. The van der Waals surface area contributed by atoms with Gasteiger partial charge >= 0.3 is 6.18 Å². The first-order valence-electron chi connectivity index (χ1n) is 9.00. The number of rotatable bonds is 4. The Hall–Kier alpha value is -1.57. The Morgan fingerprint density at radius 2 is 1.88 bits per heavy atom. The van der Waals surface area contributed by atoms with Crippen LogP contribution in [0.5, 0.6) is 0 Å². The van der Waals surface area contributed by atoms with E-state index in [0.717, 1.165) is 30.6 Å². The van der Waals surface area contributed by atoms with Crippen LogP contribution in [0.2, 0.25) is 0 Å². The maximum atomic E-state index is 13.2. The Labute approximate surface area is 154 Å². The second-order valence-corrected chi connectivity index (χ2v) is 8.11. The van der Waals surface area contributed by atoms with Crippen molar-refractivity contribution in [2.45, 2.75) is 50.1 Å². The first-order valence-corrected chi connectivity index (χ1v) is 9.88. The molecular formula is C18H23F3N2O2S. The van der Waals surface area contributed by atoms with Crippen LogP contribution < -0.4 is 5.32 Å². The van der Waals surface area contributed by atoms with E-state index in [4.69, 9.17) is 0 Å². The van der Waals surface area contributed by atoms with Crippen LogP contribution in [0.25, 0.3) is 0 Å². The van der Waals surface area contributed by atoms with Crippen molar-refractivity contribution < 1.29 is 22.8 Å². The van der Waals surface area contributed by atoms with Gasteiger partial charge in [0.25, 0.3) is 0 Å². The Morgan fingerprint density at radius 1 is 1.23 bits per heavy atom. The molecule has 0 spiro atoms. The number of nitrogens with zero attached hydrogens (tertiary/aromatic N) is 1. The average Bonchev–Trinajstić information content (AvgIpc) is 3.30. The second-order valence-electron chi connectivity index (χ2n) is 7.17. The maximum absolute atomic E-state index is 13.2. The van der Waals surface area contributed by atoms with E-state index in [1.54, 1.807) is 16.2 Å². The molecule has 1 aliphatic heterocycles. The number of likely N-dealkylation sites (tertiary alicyclic amines) is 1. The lowest BCUT2D eigenvalue weighted by molar-refractivity contribution is -0.144. The van der Waals surface area contributed by atoms with Gasteiger partial charge in [-0.1, -0.05) is 18.9 Å². The highest BCUT2D eigenvalue weighted by Crippen LogP contribution is 2.45. The molecule has 2 amide bonds. The summed E-state index contributed by atoms with van der Waals surface area (Å²) in [4.78, 5) is 28.1. The molecule has 1 aromatic heterocycles. The summed E-state index contributed by atoms with van der Waals surface area (Å²) in [6, 6.07) is 3.98. The van der Waals surface area contributed by atoms with Crippen molar-refractivity contribution in [1.29, 1.82) is 0 Å². The van der Waals surface area contributed by atoms with Crippen LogP contribution in [0.1, 0.15) is 43.4 Å². The molecule has 1 aromatic rings. The third kappa shape index (κ3) is 4.05. The fraction of sp³-hybridized carbons (Fsp3) is 0.667. The van der Waals surface area contributed by atoms with Crippen molar-refractivity contribution in [2.24, 2.45) is 5.92 Å². The van der Waals surface area contributed by atoms with Gasteiger partial charge in [-0.2, -0.15) is 13.2 Å². The van der Waals surface area contributed by atoms with Crippen LogP contribution in [0, 0.1) is 5.92 Å². The van der Waals surface area contributed by atoms with Crippen LogP contribution in [0.15, 0.2) is 17.5 Å². The van der Waals surface area contributed by atoms with Gasteiger partial charge in [-0.05, 0) is 37.1 Å². The van der Waals surface area contributed by atoms with Gasteiger partial charge in [-0.3, -0.25) is 9.59 Å². The highest BCUT2D eigenvalue weighted by atomic mass is 32.1. The number of carbonyl (C=O) groups is 2. The summed E-state index contributed by atoms with van der Waals surface area (Å²) in [5.74, 6) is -0.905. The molecular weight excluding hydrogens is 365 g/mol. The van der Waals surface area contributed by atoms with E-state index >= 15 is 0 Å². The Bertz CT molecular complexity index is 631. The summed E-state index contributed by atoms with van der Waals surface area (Å²) in [5.41, 5.74) is -0.445. The zero-order valence-electron chi connectivity index (χ0n) is 14.5. The molecule has 1 aliphatic carbocycles. The van der Waals surface area contributed by atoms with Crippen molar-refractivity contribution in [3.63, 3.8) is 0 Å². The Morgan fingerprint density at radius 3 is 2.42 bits per heavy atom. The minimum Gasteiger partial charge on any atom is -0.347 e. The largest absolute Gasteiger partial charge is 0.405 e. The molecule has 2 fully saturated rings. The third-order valence-corrected chi connectivity index (χ3v) is 6.55. The van der Waals surface area contributed by atoms with Gasteiger partial charge in [0.15, 0.2) is 0 Å². The molecule has 1 saturated heterocycles. The minimum atomic E-state index is -4.40. The van der Waals surface area contributed by atoms with Gasteiger partial charge in [0.2, 0.25) is 11.8 Å². The number of halogens is 3. The lowest BCUT2D eigenvalue weighted by Crippen LogP contribution is -2.50. The maximum Gasteiger partial charge on any atom is 0.405 e. The molecule has 2 aliphatic rings. The number of amides is 2. The number of hydrogen-bond donors (Lipinski definition) is 1. The number of hydrogen-bond acceptors (Lipinski definition) is 3. The summed E-state index contributed by atoms with van der Waals surface area (Å²) in [6.07, 6.45) is 0.171. The molecule has 1 N–H and O–H groups in total. The predicted molar refractivity (Wildman–Crippen MR) is 92.8 cm³/mol. The van der Waals surface area contributed by atoms with Gasteiger partial charge in [0.1, 0.15) is 6.54 Å². The molecule has 0 unspecified atom stereocenters. The van der Waals surface area contributed by atoms with Crippen molar-refractivity contribution in [1.82, 2.24) is 10.2 Å². The second kappa shape index (κ2) is 7.58. The topological polar surface area (TPSA) is 49.4 Å². The molecule has 1 saturated carbocycles. The quantitative estimate of drug-likeness (QED) is 0.859. The van der Waals surface area contributed by atoms with Gasteiger partial charge in [-0.15, -0.1) is 11.3 Å². The normalized spacial score (nSPS) is 21.0. The zero-order valence-corrected chi connectivity index (χ0v) is 15.3. The van der Waals surface area contributed by atoms with E-state index in [1.165, 1.54) is 0 Å². The van der Waals surface area contributed by atoms with Gasteiger partial charge in [-0.25, -0.2) is 0 Å². The summed E-state index contributed by atoms with van der Waals surface area (Å²) in [7, 11) is 0. The fourth-order valence-corrected chi connectivity index (χ4v) is 5.05. The summed E-state index contributed by atoms with van der Waals surface area (Å²) in [6.45, 7) is -0.446. The van der Waals surface area contributed by atoms with Crippen molar-refractivity contribution in [3.8, 4) is 0 Å². The van der Waals surface area contributed by atoms with Gasteiger partial charge in [0.05, 0.1) is 5.41 Å². The first kappa shape index (κ1) is 19.2. The van der Waals surface area contributed by atoms with E-state index in [0.29, 0.717) is 25.9 Å². The molecule has 3 rings (SSSR count). The van der Waals surface area contributed by atoms with Crippen LogP contribution in [0.4, 0.5) is 13.2 Å². The monoisotopic (exact) mass is 388 g/mol. The SMILES string of the molecule is O=C(NCC(F)(F)F)C1CCN(C(=O)C2(c3cccs3)CCCC2)CC1. The van der Waals surface area contributed by atoms with E-state index in [1.807, 2.05) is 22.8 Å². The molecule has 26 heavy (non-hydrogen) atoms. The molecule has 0 radical (unpaired) electrons. The molecule has 0 aromatic carbocycles. The van der Waals surface area contributed by atoms with Crippen molar-refractivity contribution >= 4 is 23.2 Å². The molecule has 2 heterocycles. The predicted octanol–water partition coefficient (Wildman–Crippen LogP) is 3.48. The van der Waals surface area contributed by atoms with E-state index in [2.05, 4.69) is 0 Å². The number of alkyl halides is 3. The number of piperidine rings is 1. The highest BCUT2D eigenvalue weighted by molar-refractivity contribution is 7.10. The van der Waals surface area contributed by atoms with E-state index in [-0.39, 0.29) is 5.91 Å². The van der Waals surface area contributed by atoms with Crippen LogP contribution in [0.3, 0.4) is 0 Å². The third-order valence-electron chi connectivity index (χ3n) is 5.48. The standard InChI is InChI=1S/C18H23F3N2O2S/c19-18(20,21)12-22-15(24)13-5-9-23(10-6-13)16(25)17(7-1-2-8-17)14-4-3-11-26-14/h3-4,11,13H,1-2,5-10,12H2,(H,22,24). The number of thiophene rings is 1. The summed E-state index contributed by atoms with van der Waals surface area (Å²) >= 11 is 1.61. The summed E-state index contributed by atoms with van der Waals surface area (Å²) in [5, 5.41) is 3.94. The number of nitrogens with one attached hydrogen (secondary N) is 1. The van der Waals surface area contributed by atoms with Gasteiger partial charge < -0.3 is 10.2 Å². The fourth-order valence-electron chi connectivity index (χ4n) is 4.07. The molecule has 4 nitrogen and oxygen atoms in total. The van der Waals surface area contributed by atoms with Crippen LogP contribution in [-0.2, 0) is 15.0 Å². The van der Waals surface area contributed by atoms with Crippen LogP contribution in [-0.4, -0.2) is 42.5 Å². The van der Waals surface area contributed by atoms with E-state index < -0.39 is 30.0 Å². The number of carbonyl (C=O) groups excluding carboxylic acids is 2. The molecule has 144 valence electrons. The van der Waals surface area contributed by atoms with Crippen molar-refractivity contribution in [3.05, 3.63) is 22.4 Å². The first-order chi connectivity index (χ1) is 12.3. The highest BCUT2D eigenvalue weighted by Gasteiger charge is 2.46. The van der Waals surface area contributed by atoms with Gasteiger partial charge in [0, 0.05) is 23.9 Å². The smallest absolute Gasteiger partial charge is 0.347 e. The summed E-state index contributed by atoms with van der Waals surface area (Å²) < 4.78 is 36.7. The molecule has 8 heteroatoms. The average molecular weight is 388 g/mol. The Kier molecular flexibility index (Phi) is 5.60. The lowest BCUT2D eigenvalue weighted by atomic mass is 9.82. The zero-order chi connectivity index (χ0) is 18.8. The Balaban J connectivity index is 1.59. The molecule has 0 bridgehead atoms. The minimum absolute atomic E-state index is 0.117. The van der Waals surface area contributed by atoms with Crippen molar-refractivity contribution in [2.75, 3.05) is 19.6 Å². The molecule has 0 atom stereocenters.